The monoisotopic (exact) mass is 153 g/mol. The van der Waals surface area contributed by atoms with Crippen LogP contribution in [-0.2, 0) is 4.79 Å². The summed E-state index contributed by atoms with van der Waals surface area (Å²) in [6.07, 6.45) is 4.63. The average Bonchev–Trinajstić information content (AvgIpc) is 1.91. The lowest BCUT2D eigenvalue weighted by Crippen LogP contribution is -2.52. The van der Waals surface area contributed by atoms with E-state index in [9.17, 15) is 4.79 Å². The van der Waals surface area contributed by atoms with E-state index in [1.165, 1.54) is 6.42 Å². The second-order valence-corrected chi connectivity index (χ2v) is 4.15. The van der Waals surface area contributed by atoms with Gasteiger partial charge in [-0.2, -0.15) is 0 Å². The van der Waals surface area contributed by atoms with Crippen molar-refractivity contribution < 1.29 is 4.79 Å². The van der Waals surface area contributed by atoms with Crippen LogP contribution >= 0.6 is 0 Å². The number of hydrogen-bond acceptors (Lipinski definition) is 1. The molecule has 2 fully saturated rings. The molecule has 1 saturated carbocycles. The molecule has 2 rings (SSSR count). The van der Waals surface area contributed by atoms with Crippen molar-refractivity contribution in [1.82, 2.24) is 5.32 Å². The Labute approximate surface area is 67.4 Å². The fraction of sp³-hybridized carbons (Fsp3) is 0.889. The maximum absolute atomic E-state index is 11.4. The summed E-state index contributed by atoms with van der Waals surface area (Å²) in [5.41, 5.74) is 0.0810. The van der Waals surface area contributed by atoms with Gasteiger partial charge in [-0.05, 0) is 25.2 Å². The molecule has 1 aliphatic carbocycles. The van der Waals surface area contributed by atoms with Gasteiger partial charge in [0.25, 0.3) is 0 Å². The third kappa shape index (κ3) is 0.959. The van der Waals surface area contributed by atoms with Crippen molar-refractivity contribution in [3.63, 3.8) is 0 Å². The summed E-state index contributed by atoms with van der Waals surface area (Å²) in [6, 6.07) is 0. The van der Waals surface area contributed by atoms with Gasteiger partial charge in [-0.15, -0.1) is 0 Å². The number of amides is 1. The fourth-order valence-corrected chi connectivity index (χ4v) is 2.32. The first kappa shape index (κ1) is 7.14. The zero-order chi connectivity index (χ0) is 7.90. The molecule has 1 amide bonds. The Hall–Kier alpha value is -0.530. The number of carbonyl (C=O) groups excluding carboxylic acids is 1. The smallest absolute Gasteiger partial charge is 0.226 e. The molecular formula is C9H15NO. The molecule has 2 nitrogen and oxygen atoms in total. The van der Waals surface area contributed by atoms with Crippen molar-refractivity contribution in [2.45, 2.75) is 32.6 Å². The van der Waals surface area contributed by atoms with E-state index >= 15 is 0 Å². The minimum absolute atomic E-state index is 0.0810. The van der Waals surface area contributed by atoms with E-state index in [0.717, 1.165) is 25.8 Å². The number of hydrogen-bond donors (Lipinski definition) is 1. The molecule has 1 N–H and O–H groups in total. The highest BCUT2D eigenvalue weighted by atomic mass is 16.2. The van der Waals surface area contributed by atoms with E-state index in [1.54, 1.807) is 0 Å². The fourth-order valence-electron chi connectivity index (χ4n) is 2.32. The van der Waals surface area contributed by atoms with E-state index in [-0.39, 0.29) is 5.41 Å². The van der Waals surface area contributed by atoms with Gasteiger partial charge in [-0.25, -0.2) is 0 Å². The van der Waals surface area contributed by atoms with Crippen molar-refractivity contribution >= 4 is 5.91 Å². The summed E-state index contributed by atoms with van der Waals surface area (Å²) in [5.74, 6) is 1.01. The van der Waals surface area contributed by atoms with Crippen molar-refractivity contribution in [3.05, 3.63) is 0 Å². The zero-order valence-electron chi connectivity index (χ0n) is 7.02. The Morgan fingerprint density at radius 2 is 2.27 bits per heavy atom. The third-order valence-corrected chi connectivity index (χ3v) is 3.14. The molecule has 1 aliphatic heterocycles. The van der Waals surface area contributed by atoms with Gasteiger partial charge in [0.2, 0.25) is 5.91 Å². The number of rotatable bonds is 0. The molecule has 2 heteroatoms. The number of carbonyl (C=O) groups is 1. The summed E-state index contributed by atoms with van der Waals surface area (Å²) in [4.78, 5) is 11.4. The molecule has 0 aromatic carbocycles. The van der Waals surface area contributed by atoms with Crippen LogP contribution in [0.2, 0.25) is 0 Å². The topological polar surface area (TPSA) is 29.1 Å². The lowest BCUT2D eigenvalue weighted by molar-refractivity contribution is -0.140. The summed E-state index contributed by atoms with van der Waals surface area (Å²) >= 11 is 0. The lowest BCUT2D eigenvalue weighted by atomic mass is 9.62. The number of piperidine rings is 1. The van der Waals surface area contributed by atoms with Crippen LogP contribution in [-0.4, -0.2) is 12.5 Å². The van der Waals surface area contributed by atoms with Gasteiger partial charge >= 0.3 is 0 Å². The molecule has 1 saturated heterocycles. The van der Waals surface area contributed by atoms with E-state index in [1.807, 2.05) is 0 Å². The van der Waals surface area contributed by atoms with E-state index in [4.69, 9.17) is 0 Å². The second kappa shape index (κ2) is 2.23. The Kier molecular flexibility index (Phi) is 1.44. The number of nitrogens with one attached hydrogen (secondary N) is 1. The maximum Gasteiger partial charge on any atom is 0.226 e. The molecule has 62 valence electrons. The van der Waals surface area contributed by atoms with Crippen LogP contribution in [0.5, 0.6) is 0 Å². The summed E-state index contributed by atoms with van der Waals surface area (Å²) in [7, 11) is 0. The molecule has 1 atom stereocenters. The Balaban J connectivity index is 2.10. The highest BCUT2D eigenvalue weighted by molar-refractivity contribution is 5.84. The van der Waals surface area contributed by atoms with Gasteiger partial charge in [0.15, 0.2) is 0 Å². The molecule has 11 heavy (non-hydrogen) atoms. The summed E-state index contributed by atoms with van der Waals surface area (Å²) in [6.45, 7) is 3.11. The predicted molar refractivity (Wildman–Crippen MR) is 43.1 cm³/mol. The van der Waals surface area contributed by atoms with Crippen LogP contribution in [0.3, 0.4) is 0 Å². The molecule has 0 aromatic rings. The van der Waals surface area contributed by atoms with Crippen molar-refractivity contribution in [1.29, 1.82) is 0 Å². The predicted octanol–water partition coefficient (Wildman–Crippen LogP) is 1.31. The molecule has 0 aromatic heterocycles. The van der Waals surface area contributed by atoms with Crippen LogP contribution in [0, 0.1) is 11.3 Å². The van der Waals surface area contributed by atoms with Gasteiger partial charge in [0, 0.05) is 12.0 Å². The highest BCUT2D eigenvalue weighted by Crippen LogP contribution is 2.47. The summed E-state index contributed by atoms with van der Waals surface area (Å²) in [5, 5.41) is 2.99. The standard InChI is InChI=1S/C9H15NO/c1-7-5-9(3-2-4-9)8(11)10-6-7/h7H,2-6H2,1H3,(H,10,11). The summed E-state index contributed by atoms with van der Waals surface area (Å²) < 4.78 is 0. The Morgan fingerprint density at radius 1 is 1.55 bits per heavy atom. The minimum Gasteiger partial charge on any atom is -0.355 e. The van der Waals surface area contributed by atoms with Crippen molar-refractivity contribution in [3.8, 4) is 0 Å². The van der Waals surface area contributed by atoms with Gasteiger partial charge in [0.05, 0.1) is 0 Å². The lowest BCUT2D eigenvalue weighted by Gasteiger charge is -2.45. The van der Waals surface area contributed by atoms with Gasteiger partial charge in [0.1, 0.15) is 0 Å². The average molecular weight is 153 g/mol. The molecule has 0 radical (unpaired) electrons. The first-order valence-corrected chi connectivity index (χ1v) is 4.51. The van der Waals surface area contributed by atoms with Crippen LogP contribution in [0.1, 0.15) is 32.6 Å². The molecule has 1 unspecified atom stereocenters. The van der Waals surface area contributed by atoms with Crippen molar-refractivity contribution in [2.24, 2.45) is 11.3 Å². The van der Waals surface area contributed by atoms with Gasteiger partial charge < -0.3 is 5.32 Å². The third-order valence-electron chi connectivity index (χ3n) is 3.14. The first-order chi connectivity index (χ1) is 5.23. The van der Waals surface area contributed by atoms with Crippen LogP contribution < -0.4 is 5.32 Å². The highest BCUT2D eigenvalue weighted by Gasteiger charge is 2.46. The van der Waals surface area contributed by atoms with Gasteiger partial charge in [-0.3, -0.25) is 4.79 Å². The molecule has 1 spiro atoms. The van der Waals surface area contributed by atoms with E-state index in [2.05, 4.69) is 12.2 Å². The van der Waals surface area contributed by atoms with Crippen LogP contribution in [0.15, 0.2) is 0 Å². The van der Waals surface area contributed by atoms with Crippen molar-refractivity contribution in [2.75, 3.05) is 6.54 Å². The minimum atomic E-state index is 0.0810. The normalized spacial score (nSPS) is 34.6. The molecule has 0 bridgehead atoms. The largest absolute Gasteiger partial charge is 0.355 e. The van der Waals surface area contributed by atoms with E-state index < -0.39 is 0 Å². The van der Waals surface area contributed by atoms with Gasteiger partial charge in [-0.1, -0.05) is 13.3 Å². The quantitative estimate of drug-likeness (QED) is 0.558. The molecular weight excluding hydrogens is 138 g/mol. The first-order valence-electron chi connectivity index (χ1n) is 4.51. The molecule has 1 heterocycles. The Bertz CT molecular complexity index is 184. The Morgan fingerprint density at radius 3 is 2.73 bits per heavy atom. The molecule has 2 aliphatic rings. The maximum atomic E-state index is 11.4. The van der Waals surface area contributed by atoms with Crippen LogP contribution in [0.25, 0.3) is 0 Å². The van der Waals surface area contributed by atoms with E-state index in [0.29, 0.717) is 11.8 Å². The zero-order valence-corrected chi connectivity index (χ0v) is 7.02. The van der Waals surface area contributed by atoms with Crippen LogP contribution in [0.4, 0.5) is 0 Å². The SMILES string of the molecule is CC1CNC(=O)C2(CCC2)C1. The second-order valence-electron chi connectivity index (χ2n) is 4.15.